The summed E-state index contributed by atoms with van der Waals surface area (Å²) in [7, 11) is 0. The molecule has 84 valence electrons. The molecular weight excluding hydrogens is 178 g/mol. The van der Waals surface area contributed by atoms with Crippen LogP contribution >= 0.6 is 0 Å². The molecule has 0 aliphatic heterocycles. The number of aliphatic carboxylic acids is 1. The maximum absolute atomic E-state index is 10.5. The average molecular weight is 201 g/mol. The summed E-state index contributed by atoms with van der Waals surface area (Å²) < 4.78 is 0. The highest BCUT2D eigenvalue weighted by atomic mass is 16.4. The van der Waals surface area contributed by atoms with Crippen molar-refractivity contribution in [1.82, 2.24) is 0 Å². The van der Waals surface area contributed by atoms with E-state index in [-0.39, 0.29) is 12.3 Å². The van der Waals surface area contributed by atoms with Crippen molar-refractivity contribution in [2.45, 2.75) is 46.0 Å². The van der Waals surface area contributed by atoms with E-state index in [0.717, 1.165) is 12.8 Å². The zero-order valence-electron chi connectivity index (χ0n) is 9.33. The lowest BCUT2D eigenvalue weighted by molar-refractivity contribution is -0.138. The summed E-state index contributed by atoms with van der Waals surface area (Å²) in [5.74, 6) is 0.0729. The standard InChI is InChI=1S/C11H23NO2/c1-3-5-9(4-2)6-10(8-12)7-11(13)14/h9-10H,3-8,12H2,1-2H3,(H,13,14)/t9-,10+/m1/s1. The van der Waals surface area contributed by atoms with Crippen LogP contribution in [-0.4, -0.2) is 17.6 Å². The van der Waals surface area contributed by atoms with E-state index in [1.807, 2.05) is 0 Å². The maximum Gasteiger partial charge on any atom is 0.303 e. The van der Waals surface area contributed by atoms with Crippen LogP contribution in [0.25, 0.3) is 0 Å². The van der Waals surface area contributed by atoms with Crippen LogP contribution in [0.2, 0.25) is 0 Å². The SMILES string of the molecule is CCC[C@@H](CC)C[C@H](CN)CC(=O)O. The van der Waals surface area contributed by atoms with E-state index in [4.69, 9.17) is 10.8 Å². The van der Waals surface area contributed by atoms with Crippen molar-refractivity contribution >= 4 is 5.97 Å². The van der Waals surface area contributed by atoms with Crippen LogP contribution in [0.1, 0.15) is 46.0 Å². The second-order valence-corrected chi connectivity index (χ2v) is 4.00. The van der Waals surface area contributed by atoms with Gasteiger partial charge in [0.25, 0.3) is 0 Å². The normalized spacial score (nSPS) is 15.1. The van der Waals surface area contributed by atoms with Gasteiger partial charge in [-0.1, -0.05) is 33.1 Å². The average Bonchev–Trinajstić information content (AvgIpc) is 2.15. The molecule has 2 atom stereocenters. The molecule has 0 aromatic carbocycles. The summed E-state index contributed by atoms with van der Waals surface area (Å²) in [6.07, 6.45) is 4.67. The van der Waals surface area contributed by atoms with Gasteiger partial charge in [0.05, 0.1) is 0 Å². The van der Waals surface area contributed by atoms with Crippen molar-refractivity contribution in [3.63, 3.8) is 0 Å². The first-order chi connectivity index (χ1) is 6.63. The lowest BCUT2D eigenvalue weighted by atomic mass is 9.87. The second kappa shape index (κ2) is 7.80. The van der Waals surface area contributed by atoms with Crippen molar-refractivity contribution in [1.29, 1.82) is 0 Å². The highest BCUT2D eigenvalue weighted by Crippen LogP contribution is 2.22. The van der Waals surface area contributed by atoms with Gasteiger partial charge in [-0.05, 0) is 24.8 Å². The monoisotopic (exact) mass is 201 g/mol. The van der Waals surface area contributed by atoms with Gasteiger partial charge in [-0.2, -0.15) is 0 Å². The Morgan fingerprint density at radius 3 is 2.36 bits per heavy atom. The molecule has 0 unspecified atom stereocenters. The Labute approximate surface area is 86.7 Å². The molecule has 0 aliphatic carbocycles. The summed E-state index contributed by atoms with van der Waals surface area (Å²) in [6, 6.07) is 0. The van der Waals surface area contributed by atoms with Crippen molar-refractivity contribution in [2.75, 3.05) is 6.54 Å². The van der Waals surface area contributed by atoms with Gasteiger partial charge in [0.15, 0.2) is 0 Å². The molecule has 0 saturated heterocycles. The fraction of sp³-hybridized carbons (Fsp3) is 0.909. The van der Waals surface area contributed by atoms with Crippen molar-refractivity contribution in [3.8, 4) is 0 Å². The first-order valence-corrected chi connectivity index (χ1v) is 5.55. The topological polar surface area (TPSA) is 63.3 Å². The highest BCUT2D eigenvalue weighted by Gasteiger charge is 2.16. The quantitative estimate of drug-likeness (QED) is 0.633. The van der Waals surface area contributed by atoms with E-state index in [1.54, 1.807) is 0 Å². The van der Waals surface area contributed by atoms with Gasteiger partial charge in [0, 0.05) is 6.42 Å². The van der Waals surface area contributed by atoms with Gasteiger partial charge in [-0.3, -0.25) is 4.79 Å². The number of rotatable bonds is 8. The molecular formula is C11H23NO2. The third-order valence-corrected chi connectivity index (χ3v) is 2.74. The minimum Gasteiger partial charge on any atom is -0.481 e. The van der Waals surface area contributed by atoms with Crippen LogP contribution < -0.4 is 5.73 Å². The van der Waals surface area contributed by atoms with E-state index in [1.165, 1.54) is 12.8 Å². The van der Waals surface area contributed by atoms with Crippen molar-refractivity contribution in [3.05, 3.63) is 0 Å². The Morgan fingerprint density at radius 1 is 1.36 bits per heavy atom. The molecule has 0 aromatic rings. The minimum absolute atomic E-state index is 0.156. The van der Waals surface area contributed by atoms with Crippen LogP contribution in [0.3, 0.4) is 0 Å². The molecule has 0 rings (SSSR count). The van der Waals surface area contributed by atoms with Gasteiger partial charge in [0.1, 0.15) is 0 Å². The van der Waals surface area contributed by atoms with Gasteiger partial charge in [-0.15, -0.1) is 0 Å². The summed E-state index contributed by atoms with van der Waals surface area (Å²) in [4.78, 5) is 10.5. The predicted molar refractivity (Wildman–Crippen MR) is 58.1 cm³/mol. The first kappa shape index (κ1) is 13.4. The van der Waals surface area contributed by atoms with E-state index in [9.17, 15) is 4.79 Å². The molecule has 0 bridgehead atoms. The third kappa shape index (κ3) is 5.97. The fourth-order valence-corrected chi connectivity index (χ4v) is 1.88. The predicted octanol–water partition coefficient (Wildman–Crippen LogP) is 2.25. The summed E-state index contributed by atoms with van der Waals surface area (Å²) in [5.41, 5.74) is 5.56. The molecule has 0 fully saturated rings. The molecule has 0 heterocycles. The Bertz CT molecular complexity index is 159. The Kier molecular flexibility index (Phi) is 7.48. The first-order valence-electron chi connectivity index (χ1n) is 5.55. The van der Waals surface area contributed by atoms with E-state index < -0.39 is 5.97 Å². The summed E-state index contributed by atoms with van der Waals surface area (Å²) >= 11 is 0. The molecule has 0 saturated carbocycles. The minimum atomic E-state index is -0.730. The Balaban J connectivity index is 3.93. The molecule has 0 amide bonds. The zero-order valence-corrected chi connectivity index (χ0v) is 9.33. The maximum atomic E-state index is 10.5. The molecule has 3 N–H and O–H groups in total. The largest absolute Gasteiger partial charge is 0.481 e. The Morgan fingerprint density at radius 2 is 2.00 bits per heavy atom. The molecule has 0 aliphatic rings. The molecule has 3 nitrogen and oxygen atoms in total. The number of nitrogens with two attached hydrogens (primary N) is 1. The van der Waals surface area contributed by atoms with Crippen LogP contribution in [-0.2, 0) is 4.79 Å². The number of hydrogen-bond acceptors (Lipinski definition) is 2. The second-order valence-electron chi connectivity index (χ2n) is 4.00. The molecule has 3 heteroatoms. The van der Waals surface area contributed by atoms with Crippen LogP contribution in [0.15, 0.2) is 0 Å². The molecule has 0 radical (unpaired) electrons. The van der Waals surface area contributed by atoms with Crippen molar-refractivity contribution < 1.29 is 9.90 Å². The summed E-state index contributed by atoms with van der Waals surface area (Å²) in [5, 5.41) is 8.67. The van der Waals surface area contributed by atoms with E-state index in [0.29, 0.717) is 12.5 Å². The van der Waals surface area contributed by atoms with E-state index in [2.05, 4.69) is 13.8 Å². The smallest absolute Gasteiger partial charge is 0.303 e. The number of carboxylic acid groups (broad SMARTS) is 1. The molecule has 14 heavy (non-hydrogen) atoms. The number of carboxylic acids is 1. The van der Waals surface area contributed by atoms with Crippen LogP contribution in [0.5, 0.6) is 0 Å². The highest BCUT2D eigenvalue weighted by molar-refractivity contribution is 5.67. The van der Waals surface area contributed by atoms with Crippen molar-refractivity contribution in [2.24, 2.45) is 17.6 Å². The molecule has 0 spiro atoms. The number of carbonyl (C=O) groups is 1. The fourth-order valence-electron chi connectivity index (χ4n) is 1.88. The van der Waals surface area contributed by atoms with Gasteiger partial charge < -0.3 is 10.8 Å². The Hall–Kier alpha value is -0.570. The molecule has 0 aromatic heterocycles. The van der Waals surface area contributed by atoms with Crippen LogP contribution in [0, 0.1) is 11.8 Å². The van der Waals surface area contributed by atoms with Gasteiger partial charge >= 0.3 is 5.97 Å². The summed E-state index contributed by atoms with van der Waals surface area (Å²) in [6.45, 7) is 4.82. The zero-order chi connectivity index (χ0) is 11.0. The van der Waals surface area contributed by atoms with Gasteiger partial charge in [-0.25, -0.2) is 0 Å². The lowest BCUT2D eigenvalue weighted by Crippen LogP contribution is -2.21. The van der Waals surface area contributed by atoms with Gasteiger partial charge in [0.2, 0.25) is 0 Å². The third-order valence-electron chi connectivity index (χ3n) is 2.74. The lowest BCUT2D eigenvalue weighted by Gasteiger charge is -2.19. The van der Waals surface area contributed by atoms with Crippen LogP contribution in [0.4, 0.5) is 0 Å². The number of hydrogen-bond donors (Lipinski definition) is 2. The van der Waals surface area contributed by atoms with E-state index >= 15 is 0 Å².